The smallest absolute Gasteiger partial charge is 0.422 e. The third-order valence-electron chi connectivity index (χ3n) is 3.93. The number of carbonyl (C=O) groups excluding carboxylic acids is 1. The lowest BCUT2D eigenvalue weighted by Gasteiger charge is -2.21. The Kier molecular flexibility index (Phi) is 5.80. The lowest BCUT2D eigenvalue weighted by Crippen LogP contribution is -2.48. The first-order valence-corrected chi connectivity index (χ1v) is 8.27. The average molecular weight is 396 g/mol. The predicted molar refractivity (Wildman–Crippen MR) is 92.4 cm³/mol. The van der Waals surface area contributed by atoms with Crippen molar-refractivity contribution in [1.82, 2.24) is 4.98 Å². The summed E-state index contributed by atoms with van der Waals surface area (Å²) in [4.78, 5) is 16.5. The number of benzene rings is 1. The van der Waals surface area contributed by atoms with E-state index in [2.05, 4.69) is 10.3 Å². The molecule has 0 saturated heterocycles. The number of alkyl halides is 3. The molecule has 138 valence electrons. The molecule has 1 aliphatic rings. The standard InChI is InChI=1S/C15H16F3N3O2S.ClH/c16-15(17,18)8-23-9-3-4-10-11(7-9)24-13(20-10)21-12(22)14(19)5-1-2-6-14;/h3-4,7H,1-2,5-6,8,19H2,(H,20,21,22);1H. The Hall–Kier alpha value is -1.58. The van der Waals surface area contributed by atoms with Crippen LogP contribution in [0.5, 0.6) is 5.75 Å². The van der Waals surface area contributed by atoms with E-state index in [0.717, 1.165) is 12.8 Å². The summed E-state index contributed by atoms with van der Waals surface area (Å²) in [7, 11) is 0. The second kappa shape index (κ2) is 7.35. The molecule has 1 fully saturated rings. The van der Waals surface area contributed by atoms with Crippen molar-refractivity contribution in [3.63, 3.8) is 0 Å². The molecule has 0 radical (unpaired) electrons. The summed E-state index contributed by atoms with van der Waals surface area (Å²) < 4.78 is 41.9. The van der Waals surface area contributed by atoms with Gasteiger partial charge in [0.05, 0.1) is 15.8 Å². The zero-order valence-corrected chi connectivity index (χ0v) is 14.7. The monoisotopic (exact) mass is 395 g/mol. The van der Waals surface area contributed by atoms with Gasteiger partial charge in [0, 0.05) is 0 Å². The number of nitrogens with two attached hydrogens (primary N) is 1. The maximum Gasteiger partial charge on any atom is 0.422 e. The van der Waals surface area contributed by atoms with Crippen LogP contribution in [0, 0.1) is 0 Å². The van der Waals surface area contributed by atoms with E-state index in [1.807, 2.05) is 0 Å². The Labute approximate surface area is 152 Å². The second-order valence-corrected chi connectivity index (χ2v) is 6.90. The van der Waals surface area contributed by atoms with Crippen molar-refractivity contribution >= 4 is 45.0 Å². The molecule has 1 heterocycles. The van der Waals surface area contributed by atoms with Crippen LogP contribution in [0.3, 0.4) is 0 Å². The van der Waals surface area contributed by atoms with Crippen molar-refractivity contribution in [1.29, 1.82) is 0 Å². The molecule has 0 unspecified atom stereocenters. The quantitative estimate of drug-likeness (QED) is 0.823. The molecule has 2 aromatic rings. The maximum absolute atomic E-state index is 12.3. The first kappa shape index (κ1) is 19.7. The van der Waals surface area contributed by atoms with Crippen LogP contribution < -0.4 is 15.8 Å². The molecular weight excluding hydrogens is 379 g/mol. The molecule has 1 amide bonds. The lowest BCUT2D eigenvalue weighted by molar-refractivity contribution is -0.153. The van der Waals surface area contributed by atoms with E-state index in [0.29, 0.717) is 28.2 Å². The van der Waals surface area contributed by atoms with Crippen LogP contribution in [-0.2, 0) is 4.79 Å². The third-order valence-corrected chi connectivity index (χ3v) is 4.86. The van der Waals surface area contributed by atoms with Crippen molar-refractivity contribution in [3.05, 3.63) is 18.2 Å². The number of anilines is 1. The first-order valence-electron chi connectivity index (χ1n) is 7.46. The van der Waals surface area contributed by atoms with Crippen molar-refractivity contribution in [2.45, 2.75) is 37.4 Å². The minimum Gasteiger partial charge on any atom is -0.484 e. The van der Waals surface area contributed by atoms with Crippen LogP contribution >= 0.6 is 23.7 Å². The topological polar surface area (TPSA) is 77.2 Å². The molecule has 1 saturated carbocycles. The molecule has 5 nitrogen and oxygen atoms in total. The van der Waals surface area contributed by atoms with Crippen molar-refractivity contribution < 1.29 is 22.7 Å². The molecule has 1 aliphatic carbocycles. The fraction of sp³-hybridized carbons (Fsp3) is 0.467. The van der Waals surface area contributed by atoms with Gasteiger partial charge in [0.25, 0.3) is 0 Å². The van der Waals surface area contributed by atoms with Crippen LogP contribution in [0.25, 0.3) is 10.2 Å². The summed E-state index contributed by atoms with van der Waals surface area (Å²) in [5.74, 6) is -0.167. The van der Waals surface area contributed by atoms with Gasteiger partial charge in [-0.25, -0.2) is 4.98 Å². The van der Waals surface area contributed by atoms with Gasteiger partial charge in [-0.2, -0.15) is 13.2 Å². The highest BCUT2D eigenvalue weighted by molar-refractivity contribution is 7.22. The molecule has 0 spiro atoms. The van der Waals surface area contributed by atoms with Gasteiger partial charge in [-0.15, -0.1) is 12.4 Å². The van der Waals surface area contributed by atoms with Crippen molar-refractivity contribution in [2.75, 3.05) is 11.9 Å². The SMILES string of the molecule is Cl.NC1(C(=O)Nc2nc3ccc(OCC(F)(F)F)cc3s2)CCCC1. The minimum absolute atomic E-state index is 0. The number of rotatable bonds is 4. The van der Waals surface area contributed by atoms with E-state index in [1.54, 1.807) is 6.07 Å². The number of carbonyl (C=O) groups is 1. The maximum atomic E-state index is 12.3. The van der Waals surface area contributed by atoms with E-state index in [4.69, 9.17) is 10.5 Å². The normalized spacial score (nSPS) is 16.5. The van der Waals surface area contributed by atoms with Crippen molar-refractivity contribution in [3.8, 4) is 5.75 Å². The Morgan fingerprint density at radius 1 is 1.36 bits per heavy atom. The molecule has 10 heteroatoms. The molecule has 25 heavy (non-hydrogen) atoms. The zero-order valence-electron chi connectivity index (χ0n) is 13.1. The molecule has 3 rings (SSSR count). The van der Waals surface area contributed by atoms with Crippen molar-refractivity contribution in [2.24, 2.45) is 5.73 Å². The van der Waals surface area contributed by atoms with Gasteiger partial charge in [0.1, 0.15) is 5.75 Å². The van der Waals surface area contributed by atoms with E-state index in [9.17, 15) is 18.0 Å². The largest absolute Gasteiger partial charge is 0.484 e. The number of hydrogen-bond acceptors (Lipinski definition) is 5. The number of aromatic nitrogens is 1. The van der Waals surface area contributed by atoms with Gasteiger partial charge in [0.2, 0.25) is 5.91 Å². The molecule has 3 N–H and O–H groups in total. The number of halogens is 4. The number of fused-ring (bicyclic) bond motifs is 1. The molecule has 1 aromatic carbocycles. The number of ether oxygens (including phenoxy) is 1. The average Bonchev–Trinajstić information content (AvgIpc) is 3.10. The van der Waals surface area contributed by atoms with Gasteiger partial charge in [-0.1, -0.05) is 24.2 Å². The molecule has 0 atom stereocenters. The van der Waals surface area contributed by atoms with Crippen LogP contribution in [0.1, 0.15) is 25.7 Å². The molecule has 1 aromatic heterocycles. The number of nitrogens with zero attached hydrogens (tertiary/aromatic N) is 1. The highest BCUT2D eigenvalue weighted by Crippen LogP contribution is 2.32. The molecule has 0 aliphatic heterocycles. The Morgan fingerprint density at radius 2 is 2.04 bits per heavy atom. The third kappa shape index (κ3) is 4.74. The van der Waals surface area contributed by atoms with E-state index < -0.39 is 18.3 Å². The van der Waals surface area contributed by atoms with E-state index >= 15 is 0 Å². The predicted octanol–water partition coefficient (Wildman–Crippen LogP) is 3.87. The number of nitrogens with one attached hydrogen (secondary N) is 1. The van der Waals surface area contributed by atoms with Gasteiger partial charge < -0.3 is 15.8 Å². The fourth-order valence-electron chi connectivity index (χ4n) is 2.67. The van der Waals surface area contributed by atoms with Gasteiger partial charge in [0.15, 0.2) is 11.7 Å². The summed E-state index contributed by atoms with van der Waals surface area (Å²) in [6.07, 6.45) is -1.27. The van der Waals surface area contributed by atoms with Gasteiger partial charge >= 0.3 is 6.18 Å². The Bertz CT molecular complexity index is 760. The number of amides is 1. The summed E-state index contributed by atoms with van der Waals surface area (Å²) >= 11 is 1.17. The lowest BCUT2D eigenvalue weighted by atomic mass is 9.98. The van der Waals surface area contributed by atoms with E-state index in [-0.39, 0.29) is 24.1 Å². The van der Waals surface area contributed by atoms with Crippen LogP contribution in [0.4, 0.5) is 18.3 Å². The molecular formula is C15H17ClF3N3O2S. The highest BCUT2D eigenvalue weighted by Gasteiger charge is 2.37. The van der Waals surface area contributed by atoms with Crippen LogP contribution in [-0.4, -0.2) is 29.2 Å². The second-order valence-electron chi connectivity index (χ2n) is 5.87. The fourth-order valence-corrected chi connectivity index (χ4v) is 3.56. The van der Waals surface area contributed by atoms with Crippen LogP contribution in [0.2, 0.25) is 0 Å². The Balaban J connectivity index is 0.00000225. The van der Waals surface area contributed by atoms with Gasteiger partial charge in [-0.3, -0.25) is 4.79 Å². The number of thiazole rings is 1. The Morgan fingerprint density at radius 3 is 2.68 bits per heavy atom. The van der Waals surface area contributed by atoms with Gasteiger partial charge in [-0.05, 0) is 31.0 Å². The summed E-state index contributed by atoms with van der Waals surface area (Å²) in [6.45, 7) is -1.35. The first-order chi connectivity index (χ1) is 11.3. The highest BCUT2D eigenvalue weighted by atomic mass is 35.5. The number of hydrogen-bond donors (Lipinski definition) is 2. The summed E-state index contributed by atoms with van der Waals surface area (Å²) in [6, 6.07) is 4.45. The molecule has 0 bridgehead atoms. The van der Waals surface area contributed by atoms with E-state index in [1.165, 1.54) is 23.5 Å². The van der Waals surface area contributed by atoms with Crippen LogP contribution in [0.15, 0.2) is 18.2 Å². The summed E-state index contributed by atoms with van der Waals surface area (Å²) in [5.41, 5.74) is 5.80. The minimum atomic E-state index is -4.39. The summed E-state index contributed by atoms with van der Waals surface area (Å²) in [5, 5.41) is 3.09. The zero-order chi connectivity index (χ0) is 17.4.